The van der Waals surface area contributed by atoms with Gasteiger partial charge in [0.05, 0.1) is 10.6 Å². The first-order valence-corrected chi connectivity index (χ1v) is 9.37. The van der Waals surface area contributed by atoms with Crippen LogP contribution in [0, 0.1) is 0 Å². The number of aliphatic hydroxyl groups excluding tert-OH is 1. The molecule has 24 heavy (non-hydrogen) atoms. The third-order valence-electron chi connectivity index (χ3n) is 4.25. The molecule has 0 aromatic heterocycles. The largest absolute Gasteiger partial charge is 0.388 e. The minimum absolute atomic E-state index is 0.154. The van der Waals surface area contributed by atoms with Crippen LogP contribution >= 0.6 is 0 Å². The van der Waals surface area contributed by atoms with E-state index in [1.54, 1.807) is 24.3 Å². The fourth-order valence-corrected chi connectivity index (χ4v) is 4.11. The molecule has 0 unspecified atom stereocenters. The van der Waals surface area contributed by atoms with Crippen LogP contribution in [0.25, 0.3) is 0 Å². The lowest BCUT2D eigenvalue weighted by molar-refractivity contribution is 0.0904. The van der Waals surface area contributed by atoms with E-state index in [2.05, 4.69) is 4.72 Å². The molecule has 0 fully saturated rings. The van der Waals surface area contributed by atoms with Gasteiger partial charge in [0.15, 0.2) is 5.78 Å². The summed E-state index contributed by atoms with van der Waals surface area (Å²) in [5.74, 6) is -0.529. The smallest absolute Gasteiger partial charge is 0.261 e. The van der Waals surface area contributed by atoms with E-state index < -0.39 is 22.4 Å². The van der Waals surface area contributed by atoms with Crippen molar-refractivity contribution in [2.75, 3.05) is 11.3 Å². The van der Waals surface area contributed by atoms with E-state index >= 15 is 0 Å². The van der Waals surface area contributed by atoms with Crippen LogP contribution in [-0.4, -0.2) is 25.9 Å². The molecule has 0 radical (unpaired) electrons. The molecule has 3 rings (SSSR count). The summed E-state index contributed by atoms with van der Waals surface area (Å²) in [5.41, 5.74) is 2.61. The molecule has 0 aliphatic heterocycles. The van der Waals surface area contributed by atoms with Crippen LogP contribution < -0.4 is 4.72 Å². The topological polar surface area (TPSA) is 83.5 Å². The molecule has 6 heteroatoms. The highest BCUT2D eigenvalue weighted by molar-refractivity contribution is 7.92. The van der Waals surface area contributed by atoms with Gasteiger partial charge in [-0.2, -0.15) is 0 Å². The van der Waals surface area contributed by atoms with E-state index in [0.29, 0.717) is 0 Å². The second kappa shape index (κ2) is 6.75. The van der Waals surface area contributed by atoms with E-state index in [1.165, 1.54) is 17.7 Å². The highest BCUT2D eigenvalue weighted by Crippen LogP contribution is 2.26. The molecule has 126 valence electrons. The van der Waals surface area contributed by atoms with Gasteiger partial charge >= 0.3 is 0 Å². The Labute approximate surface area is 141 Å². The lowest BCUT2D eigenvalue weighted by atomic mass is 9.92. The van der Waals surface area contributed by atoms with Crippen molar-refractivity contribution in [2.45, 2.75) is 30.6 Å². The first kappa shape index (κ1) is 16.7. The zero-order valence-corrected chi connectivity index (χ0v) is 14.0. The van der Waals surface area contributed by atoms with E-state index in [9.17, 15) is 13.2 Å². The van der Waals surface area contributed by atoms with Gasteiger partial charge in [-0.05, 0) is 61.1 Å². The molecule has 0 saturated carbocycles. The minimum atomic E-state index is -3.79. The summed E-state index contributed by atoms with van der Waals surface area (Å²) in [5, 5.41) is 9.03. The molecule has 5 nitrogen and oxygen atoms in total. The second-order valence-corrected chi connectivity index (χ2v) is 7.55. The maximum Gasteiger partial charge on any atom is 0.261 e. The van der Waals surface area contributed by atoms with Crippen molar-refractivity contribution in [3.8, 4) is 0 Å². The Balaban J connectivity index is 1.94. The molecule has 0 spiro atoms. The van der Waals surface area contributed by atoms with Crippen molar-refractivity contribution in [3.05, 3.63) is 59.2 Å². The number of nitrogens with one attached hydrogen (secondary N) is 1. The van der Waals surface area contributed by atoms with E-state index in [4.69, 9.17) is 5.11 Å². The highest BCUT2D eigenvalue weighted by atomic mass is 32.2. The first-order valence-electron chi connectivity index (χ1n) is 7.89. The molecule has 1 aliphatic rings. The average Bonchev–Trinajstić information content (AvgIpc) is 2.60. The molecule has 0 saturated heterocycles. The maximum atomic E-state index is 12.7. The Morgan fingerprint density at radius 2 is 1.75 bits per heavy atom. The molecule has 2 aromatic rings. The molecule has 2 N–H and O–H groups in total. The van der Waals surface area contributed by atoms with E-state index in [-0.39, 0.29) is 16.1 Å². The fourth-order valence-electron chi connectivity index (χ4n) is 2.98. The molecule has 0 heterocycles. The number of Topliss-reactive ketones (excluding diaryl/α,β-unsaturated/α-hetero) is 1. The zero-order valence-electron chi connectivity index (χ0n) is 13.2. The van der Waals surface area contributed by atoms with Gasteiger partial charge in [0.25, 0.3) is 10.0 Å². The fraction of sp³-hybridized carbons (Fsp3) is 0.278. The number of aryl methyl sites for hydroxylation is 2. The van der Waals surface area contributed by atoms with Crippen LogP contribution in [-0.2, 0) is 22.9 Å². The number of hydrogen-bond donors (Lipinski definition) is 2. The number of rotatable bonds is 5. The number of carbonyl (C=O) groups excluding carboxylic acids is 1. The van der Waals surface area contributed by atoms with Gasteiger partial charge in [-0.15, -0.1) is 0 Å². The van der Waals surface area contributed by atoms with Crippen molar-refractivity contribution < 1.29 is 18.3 Å². The van der Waals surface area contributed by atoms with Crippen molar-refractivity contribution >= 4 is 21.5 Å². The van der Waals surface area contributed by atoms with Crippen LogP contribution in [0.15, 0.2) is 47.4 Å². The number of sulfonamides is 1. The highest BCUT2D eigenvalue weighted by Gasteiger charge is 2.20. The van der Waals surface area contributed by atoms with Crippen LogP contribution in [0.2, 0.25) is 0 Å². The molecular weight excluding hydrogens is 326 g/mol. The number of aliphatic hydroxyl groups is 1. The summed E-state index contributed by atoms with van der Waals surface area (Å²) in [4.78, 5) is 12.0. The van der Waals surface area contributed by atoms with Gasteiger partial charge in [-0.25, -0.2) is 8.42 Å². The number of para-hydroxylation sites is 1. The predicted molar refractivity (Wildman–Crippen MR) is 91.8 cm³/mol. The van der Waals surface area contributed by atoms with Crippen LogP contribution in [0.4, 0.5) is 5.69 Å². The summed E-state index contributed by atoms with van der Waals surface area (Å²) in [7, 11) is -3.79. The quantitative estimate of drug-likeness (QED) is 0.816. The summed E-state index contributed by atoms with van der Waals surface area (Å²) < 4.78 is 27.8. The standard InChI is InChI=1S/C18H19NO4S/c20-12-18(21)16-7-3-4-8-17(16)19-24(22,23)15-10-9-13-5-1-2-6-14(13)11-15/h3-4,7-11,19-20H,1-2,5-6,12H2. The van der Waals surface area contributed by atoms with Gasteiger partial charge in [0.2, 0.25) is 0 Å². The molecule has 1 aliphatic carbocycles. The molecule has 2 aromatic carbocycles. The number of hydrogen-bond acceptors (Lipinski definition) is 4. The number of anilines is 1. The van der Waals surface area contributed by atoms with Gasteiger partial charge in [0, 0.05) is 5.56 Å². The Bertz CT molecular complexity index is 874. The van der Waals surface area contributed by atoms with E-state index in [1.807, 2.05) is 6.07 Å². The Kier molecular flexibility index (Phi) is 4.69. The Hall–Kier alpha value is -2.18. The number of ketones is 1. The predicted octanol–water partition coefficient (Wildman–Crippen LogP) is 2.54. The lowest BCUT2D eigenvalue weighted by Gasteiger charge is -2.17. The Morgan fingerprint density at radius 1 is 1.04 bits per heavy atom. The van der Waals surface area contributed by atoms with Gasteiger partial charge in [-0.1, -0.05) is 18.2 Å². The first-order chi connectivity index (χ1) is 11.5. The van der Waals surface area contributed by atoms with Gasteiger partial charge in [-0.3, -0.25) is 9.52 Å². The lowest BCUT2D eigenvalue weighted by Crippen LogP contribution is -2.17. The van der Waals surface area contributed by atoms with Crippen molar-refractivity contribution in [1.82, 2.24) is 0 Å². The van der Waals surface area contributed by atoms with Crippen molar-refractivity contribution in [2.24, 2.45) is 0 Å². The van der Waals surface area contributed by atoms with Crippen LogP contribution in [0.3, 0.4) is 0 Å². The minimum Gasteiger partial charge on any atom is -0.388 e. The van der Waals surface area contributed by atoms with Crippen LogP contribution in [0.5, 0.6) is 0 Å². The number of fused-ring (bicyclic) bond motifs is 1. The number of benzene rings is 2. The maximum absolute atomic E-state index is 12.7. The third kappa shape index (κ3) is 3.34. The monoisotopic (exact) mass is 345 g/mol. The Morgan fingerprint density at radius 3 is 2.50 bits per heavy atom. The van der Waals surface area contributed by atoms with Crippen LogP contribution in [0.1, 0.15) is 34.3 Å². The molecular formula is C18H19NO4S. The number of carbonyl (C=O) groups is 1. The summed E-state index contributed by atoms with van der Waals surface area (Å²) in [6.07, 6.45) is 4.07. The van der Waals surface area contributed by atoms with Gasteiger partial charge in [0.1, 0.15) is 6.61 Å². The van der Waals surface area contributed by atoms with Gasteiger partial charge < -0.3 is 5.11 Å². The summed E-state index contributed by atoms with van der Waals surface area (Å²) in [6, 6.07) is 11.4. The normalized spacial score (nSPS) is 14.0. The summed E-state index contributed by atoms with van der Waals surface area (Å²) in [6.45, 7) is -0.669. The van der Waals surface area contributed by atoms with Crippen molar-refractivity contribution in [1.29, 1.82) is 0 Å². The van der Waals surface area contributed by atoms with E-state index in [0.717, 1.165) is 31.2 Å². The average molecular weight is 345 g/mol. The molecule has 0 amide bonds. The SMILES string of the molecule is O=C(CO)c1ccccc1NS(=O)(=O)c1ccc2c(c1)CCCC2. The zero-order chi connectivity index (χ0) is 17.2. The summed E-state index contributed by atoms with van der Waals surface area (Å²) >= 11 is 0. The van der Waals surface area contributed by atoms with Crippen molar-refractivity contribution in [3.63, 3.8) is 0 Å². The second-order valence-electron chi connectivity index (χ2n) is 5.87. The molecule has 0 bridgehead atoms. The molecule has 0 atom stereocenters. The third-order valence-corrected chi connectivity index (χ3v) is 5.61.